The highest BCUT2D eigenvalue weighted by Gasteiger charge is 2.19. The number of benzene rings is 1. The lowest BCUT2D eigenvalue weighted by molar-refractivity contribution is 0.0962. The van der Waals surface area contributed by atoms with E-state index >= 15 is 0 Å². The van der Waals surface area contributed by atoms with Crippen LogP contribution < -0.4 is 10.0 Å². The minimum absolute atomic E-state index is 0.0309. The van der Waals surface area contributed by atoms with E-state index in [9.17, 15) is 13.2 Å². The molecule has 2 N–H and O–H groups in total. The third kappa shape index (κ3) is 3.37. The highest BCUT2D eigenvalue weighted by molar-refractivity contribution is 7.92. The Labute approximate surface area is 133 Å². The lowest BCUT2D eigenvalue weighted by Crippen LogP contribution is -2.20. The van der Waals surface area contributed by atoms with Gasteiger partial charge in [0.1, 0.15) is 0 Å². The van der Waals surface area contributed by atoms with Gasteiger partial charge in [-0.3, -0.25) is 9.52 Å². The molecular weight excluding hydrogens is 326 g/mol. The molecule has 1 amide bonds. The molecule has 0 aliphatic heterocycles. The van der Waals surface area contributed by atoms with Gasteiger partial charge in [0.2, 0.25) is 0 Å². The first-order valence-electron chi connectivity index (χ1n) is 6.31. The number of sulfonamides is 1. The predicted molar refractivity (Wildman–Crippen MR) is 84.6 cm³/mol. The minimum atomic E-state index is -3.87. The monoisotopic (exact) mass is 339 g/mol. The topological polar surface area (TPSA) is 88.2 Å². The molecule has 2 aromatic rings. The number of aromatic nitrogens is 1. The fraction of sp³-hybridized carbons (Fsp3) is 0.143. The molecule has 1 aromatic heterocycles. The van der Waals surface area contributed by atoms with Gasteiger partial charge in [0.25, 0.3) is 15.9 Å². The van der Waals surface area contributed by atoms with Crippen LogP contribution in [-0.2, 0) is 10.0 Å². The summed E-state index contributed by atoms with van der Waals surface area (Å²) in [6, 6.07) is 7.38. The molecule has 2 rings (SSSR count). The summed E-state index contributed by atoms with van der Waals surface area (Å²) in [7, 11) is -2.39. The zero-order chi connectivity index (χ0) is 16.3. The number of anilines is 1. The number of rotatable bonds is 4. The van der Waals surface area contributed by atoms with Gasteiger partial charge in [0, 0.05) is 18.8 Å². The second-order valence-electron chi connectivity index (χ2n) is 4.50. The Balaban J connectivity index is 2.42. The predicted octanol–water partition coefficient (Wildman–Crippen LogP) is 2.20. The molecule has 116 valence electrons. The molecule has 0 bridgehead atoms. The molecule has 0 aliphatic rings. The zero-order valence-corrected chi connectivity index (χ0v) is 13.5. The normalized spacial score (nSPS) is 11.0. The summed E-state index contributed by atoms with van der Waals surface area (Å²) in [5.41, 5.74) is 1.15. The van der Waals surface area contributed by atoms with Crippen molar-refractivity contribution in [3.63, 3.8) is 0 Å². The van der Waals surface area contributed by atoms with Crippen LogP contribution in [0.5, 0.6) is 0 Å². The second kappa shape index (κ2) is 6.33. The Morgan fingerprint density at radius 2 is 2.00 bits per heavy atom. The SMILES string of the molecule is CNC(=O)c1cc(S(=O)(=O)Nc2cccnc2Cl)ccc1C. The molecule has 8 heteroatoms. The summed E-state index contributed by atoms with van der Waals surface area (Å²) in [6.07, 6.45) is 1.45. The summed E-state index contributed by atoms with van der Waals surface area (Å²) in [6.45, 7) is 1.73. The van der Waals surface area contributed by atoms with E-state index in [1.54, 1.807) is 19.1 Å². The number of hydrogen-bond acceptors (Lipinski definition) is 4. The minimum Gasteiger partial charge on any atom is -0.355 e. The fourth-order valence-corrected chi connectivity index (χ4v) is 3.13. The van der Waals surface area contributed by atoms with Gasteiger partial charge in [-0.05, 0) is 36.8 Å². The number of nitrogens with zero attached hydrogens (tertiary/aromatic N) is 1. The van der Waals surface area contributed by atoms with Crippen LogP contribution in [0.3, 0.4) is 0 Å². The number of amides is 1. The molecule has 0 saturated carbocycles. The molecular formula is C14H14ClN3O3S. The number of pyridine rings is 1. The molecule has 6 nitrogen and oxygen atoms in total. The van der Waals surface area contributed by atoms with Gasteiger partial charge < -0.3 is 5.32 Å². The van der Waals surface area contributed by atoms with Crippen molar-refractivity contribution < 1.29 is 13.2 Å². The van der Waals surface area contributed by atoms with Gasteiger partial charge in [0.05, 0.1) is 10.6 Å². The molecule has 0 aliphatic carbocycles. The van der Waals surface area contributed by atoms with Gasteiger partial charge in [0.15, 0.2) is 5.15 Å². The molecule has 22 heavy (non-hydrogen) atoms. The number of carbonyl (C=O) groups excluding carboxylic acids is 1. The zero-order valence-electron chi connectivity index (χ0n) is 11.9. The van der Waals surface area contributed by atoms with Crippen molar-refractivity contribution in [2.45, 2.75) is 11.8 Å². The molecule has 0 unspecified atom stereocenters. The average Bonchev–Trinajstić information content (AvgIpc) is 2.49. The summed E-state index contributed by atoms with van der Waals surface area (Å²) in [4.78, 5) is 15.5. The summed E-state index contributed by atoms with van der Waals surface area (Å²) in [5, 5.41) is 2.52. The van der Waals surface area contributed by atoms with Crippen LogP contribution in [0.4, 0.5) is 5.69 Å². The van der Waals surface area contributed by atoms with Crippen LogP contribution in [0.15, 0.2) is 41.4 Å². The van der Waals surface area contributed by atoms with E-state index in [1.807, 2.05) is 0 Å². The highest BCUT2D eigenvalue weighted by atomic mass is 35.5. The molecule has 0 atom stereocenters. The van der Waals surface area contributed by atoms with E-state index < -0.39 is 10.0 Å². The Morgan fingerprint density at radius 1 is 1.27 bits per heavy atom. The van der Waals surface area contributed by atoms with Crippen molar-refractivity contribution >= 4 is 33.2 Å². The van der Waals surface area contributed by atoms with E-state index in [-0.39, 0.29) is 21.6 Å². The van der Waals surface area contributed by atoms with Crippen molar-refractivity contribution in [2.24, 2.45) is 0 Å². The number of nitrogens with one attached hydrogen (secondary N) is 2. The van der Waals surface area contributed by atoms with Crippen molar-refractivity contribution in [1.82, 2.24) is 10.3 Å². The van der Waals surface area contributed by atoms with E-state index in [0.717, 1.165) is 0 Å². The third-order valence-corrected chi connectivity index (χ3v) is 4.66. The Hall–Kier alpha value is -2.12. The van der Waals surface area contributed by atoms with Gasteiger partial charge in [-0.1, -0.05) is 17.7 Å². The largest absolute Gasteiger partial charge is 0.355 e. The smallest absolute Gasteiger partial charge is 0.262 e. The van der Waals surface area contributed by atoms with Crippen LogP contribution >= 0.6 is 11.6 Å². The Bertz CT molecular complexity index is 822. The van der Waals surface area contributed by atoms with Crippen molar-refractivity contribution in [3.8, 4) is 0 Å². The number of carbonyl (C=O) groups is 1. The molecule has 1 heterocycles. The summed E-state index contributed by atoms with van der Waals surface area (Å²) < 4.78 is 27.2. The van der Waals surface area contributed by atoms with Gasteiger partial charge in [-0.15, -0.1) is 0 Å². The van der Waals surface area contributed by atoms with Crippen LogP contribution in [0, 0.1) is 6.92 Å². The Kier molecular flexibility index (Phi) is 4.68. The van der Waals surface area contributed by atoms with Crippen molar-refractivity contribution in [2.75, 3.05) is 11.8 Å². The van der Waals surface area contributed by atoms with E-state index in [0.29, 0.717) is 11.1 Å². The van der Waals surface area contributed by atoms with Gasteiger partial charge in [-0.2, -0.15) is 0 Å². The van der Waals surface area contributed by atoms with Crippen LogP contribution in [0.2, 0.25) is 5.15 Å². The van der Waals surface area contributed by atoms with Crippen molar-refractivity contribution in [3.05, 3.63) is 52.8 Å². The molecule has 0 radical (unpaired) electrons. The number of hydrogen-bond donors (Lipinski definition) is 2. The first kappa shape index (κ1) is 16.3. The molecule has 1 aromatic carbocycles. The van der Waals surface area contributed by atoms with E-state index in [2.05, 4.69) is 15.0 Å². The number of halogens is 1. The van der Waals surface area contributed by atoms with E-state index in [1.165, 1.54) is 31.4 Å². The lowest BCUT2D eigenvalue weighted by Gasteiger charge is -2.11. The quantitative estimate of drug-likeness (QED) is 0.836. The highest BCUT2D eigenvalue weighted by Crippen LogP contribution is 2.23. The first-order valence-corrected chi connectivity index (χ1v) is 8.17. The van der Waals surface area contributed by atoms with Gasteiger partial charge in [-0.25, -0.2) is 13.4 Å². The summed E-state index contributed by atoms with van der Waals surface area (Å²) in [5.74, 6) is -0.353. The van der Waals surface area contributed by atoms with Gasteiger partial charge >= 0.3 is 0 Å². The fourth-order valence-electron chi connectivity index (χ4n) is 1.81. The van der Waals surface area contributed by atoms with Crippen LogP contribution in [0.25, 0.3) is 0 Å². The third-order valence-electron chi connectivity index (χ3n) is 2.99. The van der Waals surface area contributed by atoms with Crippen LogP contribution in [0.1, 0.15) is 15.9 Å². The maximum absolute atomic E-state index is 12.4. The Morgan fingerprint density at radius 3 is 2.64 bits per heavy atom. The molecule has 0 saturated heterocycles. The van der Waals surface area contributed by atoms with Crippen molar-refractivity contribution in [1.29, 1.82) is 0 Å². The van der Waals surface area contributed by atoms with E-state index in [4.69, 9.17) is 11.6 Å². The maximum Gasteiger partial charge on any atom is 0.262 e. The molecule has 0 fully saturated rings. The summed E-state index contributed by atoms with van der Waals surface area (Å²) >= 11 is 5.84. The molecule has 0 spiro atoms. The first-order chi connectivity index (χ1) is 10.3. The number of aryl methyl sites for hydroxylation is 1. The van der Waals surface area contributed by atoms with Crippen LogP contribution in [-0.4, -0.2) is 26.4 Å². The standard InChI is InChI=1S/C14H14ClN3O3S/c1-9-5-6-10(8-11(9)14(19)16-2)22(20,21)18-12-4-3-7-17-13(12)15/h3-8,18H,1-2H3,(H,16,19). The maximum atomic E-state index is 12.4. The second-order valence-corrected chi connectivity index (χ2v) is 6.54. The average molecular weight is 340 g/mol. The lowest BCUT2D eigenvalue weighted by atomic mass is 10.1.